The summed E-state index contributed by atoms with van der Waals surface area (Å²) in [5.41, 5.74) is 1.63. The monoisotopic (exact) mass is 384 g/mol. The highest BCUT2D eigenvalue weighted by Gasteiger charge is 2.32. The number of likely N-dealkylation sites (tertiary alicyclic amines) is 1. The minimum absolute atomic E-state index is 0. The number of hydrogen-bond acceptors (Lipinski definition) is 3. The molecule has 2 saturated heterocycles. The van der Waals surface area contributed by atoms with Crippen molar-refractivity contribution < 1.29 is 9.59 Å². The van der Waals surface area contributed by atoms with Crippen molar-refractivity contribution in [1.82, 2.24) is 10.2 Å². The number of halogens is 1. The summed E-state index contributed by atoms with van der Waals surface area (Å²) in [6.07, 6.45) is 2.08. The van der Waals surface area contributed by atoms with E-state index in [-0.39, 0.29) is 24.1 Å². The van der Waals surface area contributed by atoms with Crippen LogP contribution in [-0.2, 0) is 0 Å². The van der Waals surface area contributed by atoms with Crippen molar-refractivity contribution >= 4 is 24.1 Å². The van der Waals surface area contributed by atoms with E-state index in [1.165, 1.54) is 0 Å². The number of carbonyl (C=O) groups excluding carboxylic acids is 2. The lowest BCUT2D eigenvalue weighted by atomic mass is 9.92. The van der Waals surface area contributed by atoms with Crippen LogP contribution in [0, 0.1) is 11.8 Å². The lowest BCUT2D eigenvalue weighted by molar-refractivity contribution is 0.0754. The summed E-state index contributed by atoms with van der Waals surface area (Å²) >= 11 is 0. The third kappa shape index (κ3) is 4.07. The van der Waals surface area contributed by atoms with E-state index in [9.17, 15) is 9.59 Å². The van der Waals surface area contributed by atoms with E-state index < -0.39 is 0 Å². The molecule has 5 heteroatoms. The van der Waals surface area contributed by atoms with Gasteiger partial charge in [-0.15, -0.1) is 12.4 Å². The predicted molar refractivity (Wildman–Crippen MR) is 109 cm³/mol. The van der Waals surface area contributed by atoms with Crippen molar-refractivity contribution in [3.63, 3.8) is 0 Å². The second-order valence-electron chi connectivity index (χ2n) is 7.29. The number of benzene rings is 2. The number of fused-ring (bicyclic) bond motifs is 1. The maximum atomic E-state index is 13.2. The van der Waals surface area contributed by atoms with Crippen molar-refractivity contribution in [3.8, 4) is 0 Å². The van der Waals surface area contributed by atoms with Crippen LogP contribution >= 0.6 is 12.4 Å². The first kappa shape index (κ1) is 19.6. The van der Waals surface area contributed by atoms with Gasteiger partial charge in [-0.3, -0.25) is 9.59 Å². The molecule has 0 spiro atoms. The maximum absolute atomic E-state index is 13.2. The molecule has 2 aliphatic heterocycles. The second-order valence-corrected chi connectivity index (χ2v) is 7.29. The molecule has 0 aliphatic carbocycles. The highest BCUT2D eigenvalue weighted by atomic mass is 35.5. The number of rotatable bonds is 3. The average Bonchev–Trinajstić information content (AvgIpc) is 3.06. The number of ketones is 1. The highest BCUT2D eigenvalue weighted by Crippen LogP contribution is 2.28. The quantitative estimate of drug-likeness (QED) is 0.825. The summed E-state index contributed by atoms with van der Waals surface area (Å²) in [6.45, 7) is 3.68. The molecule has 0 bridgehead atoms. The molecule has 2 aromatic rings. The minimum Gasteiger partial charge on any atom is -0.339 e. The van der Waals surface area contributed by atoms with Crippen LogP contribution in [0.1, 0.15) is 39.1 Å². The topological polar surface area (TPSA) is 49.4 Å². The van der Waals surface area contributed by atoms with Gasteiger partial charge >= 0.3 is 0 Å². The van der Waals surface area contributed by atoms with Gasteiger partial charge in [0.05, 0.1) is 5.56 Å². The van der Waals surface area contributed by atoms with Gasteiger partial charge in [0.15, 0.2) is 5.78 Å². The fraction of sp³-hybridized carbons (Fsp3) is 0.364. The van der Waals surface area contributed by atoms with Crippen LogP contribution in [0.25, 0.3) is 0 Å². The second kappa shape index (κ2) is 8.68. The Labute approximate surface area is 166 Å². The first-order valence-electron chi connectivity index (χ1n) is 9.43. The molecule has 142 valence electrons. The van der Waals surface area contributed by atoms with Crippen molar-refractivity contribution in [1.29, 1.82) is 0 Å². The normalized spacial score (nSPS) is 21.7. The minimum atomic E-state index is -0.0922. The molecule has 0 unspecified atom stereocenters. The Morgan fingerprint density at radius 2 is 1.37 bits per heavy atom. The molecule has 1 N–H and O–H groups in total. The summed E-state index contributed by atoms with van der Waals surface area (Å²) < 4.78 is 0. The van der Waals surface area contributed by atoms with Crippen LogP contribution in [-0.4, -0.2) is 42.8 Å². The number of amides is 1. The van der Waals surface area contributed by atoms with Gasteiger partial charge in [-0.2, -0.15) is 0 Å². The Hall–Kier alpha value is -2.17. The fourth-order valence-corrected chi connectivity index (χ4v) is 4.20. The molecule has 2 atom stereocenters. The molecule has 2 heterocycles. The Bertz CT molecular complexity index is 795. The number of nitrogens with zero attached hydrogens (tertiary/aromatic N) is 1. The van der Waals surface area contributed by atoms with Crippen LogP contribution in [0.3, 0.4) is 0 Å². The molecule has 27 heavy (non-hydrogen) atoms. The molecule has 1 amide bonds. The maximum Gasteiger partial charge on any atom is 0.254 e. The molecule has 2 aliphatic rings. The van der Waals surface area contributed by atoms with E-state index in [0.29, 0.717) is 28.5 Å². The van der Waals surface area contributed by atoms with Crippen molar-refractivity contribution in [3.05, 3.63) is 71.3 Å². The SMILES string of the molecule is Cl.O=C(c1ccccc1)c1ccccc1C(=O)N1CC[C@@H]2CNC[C@@H]2CC1. The molecule has 2 aromatic carbocycles. The summed E-state index contributed by atoms with van der Waals surface area (Å²) in [5.74, 6) is 1.24. The van der Waals surface area contributed by atoms with Crippen LogP contribution in [0.5, 0.6) is 0 Å². The first-order chi connectivity index (χ1) is 12.7. The molecular weight excluding hydrogens is 360 g/mol. The first-order valence-corrected chi connectivity index (χ1v) is 9.43. The van der Waals surface area contributed by atoms with Gasteiger partial charge in [0.25, 0.3) is 5.91 Å². The van der Waals surface area contributed by atoms with E-state index in [2.05, 4.69) is 5.32 Å². The summed E-state index contributed by atoms with van der Waals surface area (Å²) in [7, 11) is 0. The highest BCUT2D eigenvalue weighted by molar-refractivity contribution is 6.15. The van der Waals surface area contributed by atoms with Crippen molar-refractivity contribution in [2.45, 2.75) is 12.8 Å². The van der Waals surface area contributed by atoms with Gasteiger partial charge in [0.2, 0.25) is 0 Å². The third-order valence-electron chi connectivity index (χ3n) is 5.74. The molecule has 0 radical (unpaired) electrons. The largest absolute Gasteiger partial charge is 0.339 e. The number of carbonyl (C=O) groups is 2. The van der Waals surface area contributed by atoms with Gasteiger partial charge in [0, 0.05) is 24.2 Å². The lowest BCUT2D eigenvalue weighted by Gasteiger charge is -2.22. The van der Waals surface area contributed by atoms with E-state index in [0.717, 1.165) is 39.0 Å². The predicted octanol–water partition coefficient (Wildman–Crippen LogP) is 3.41. The number of hydrogen-bond donors (Lipinski definition) is 1. The Morgan fingerprint density at radius 3 is 2.00 bits per heavy atom. The summed E-state index contributed by atoms with van der Waals surface area (Å²) in [5, 5.41) is 3.46. The Morgan fingerprint density at radius 1 is 0.815 bits per heavy atom. The molecule has 0 saturated carbocycles. The van der Waals surface area contributed by atoms with Crippen LogP contribution < -0.4 is 5.32 Å². The van der Waals surface area contributed by atoms with Gasteiger partial charge < -0.3 is 10.2 Å². The molecule has 4 nitrogen and oxygen atoms in total. The van der Waals surface area contributed by atoms with E-state index in [1.807, 2.05) is 35.2 Å². The van der Waals surface area contributed by atoms with Gasteiger partial charge in [-0.1, -0.05) is 48.5 Å². The smallest absolute Gasteiger partial charge is 0.254 e. The standard InChI is InChI=1S/C22H24N2O2.ClH/c25-21(16-6-2-1-3-7-16)19-8-4-5-9-20(19)22(26)24-12-10-17-14-23-15-18(17)11-13-24;/h1-9,17-18,23H,10-15H2;1H/t17-,18+;. The van der Waals surface area contributed by atoms with Gasteiger partial charge in [0.1, 0.15) is 0 Å². The van der Waals surface area contributed by atoms with Crippen molar-refractivity contribution in [2.24, 2.45) is 11.8 Å². The number of nitrogens with one attached hydrogen (secondary N) is 1. The summed E-state index contributed by atoms with van der Waals surface area (Å²) in [6, 6.07) is 16.4. The molecule has 4 rings (SSSR count). The van der Waals surface area contributed by atoms with Gasteiger partial charge in [-0.25, -0.2) is 0 Å². The zero-order chi connectivity index (χ0) is 17.9. The van der Waals surface area contributed by atoms with E-state index in [4.69, 9.17) is 0 Å². The average molecular weight is 385 g/mol. The van der Waals surface area contributed by atoms with Crippen LogP contribution in [0.4, 0.5) is 0 Å². The lowest BCUT2D eigenvalue weighted by Crippen LogP contribution is -2.33. The van der Waals surface area contributed by atoms with Crippen molar-refractivity contribution in [2.75, 3.05) is 26.2 Å². The zero-order valence-electron chi connectivity index (χ0n) is 15.3. The van der Waals surface area contributed by atoms with E-state index >= 15 is 0 Å². The Balaban J connectivity index is 0.00000210. The zero-order valence-corrected chi connectivity index (χ0v) is 16.1. The van der Waals surface area contributed by atoms with E-state index in [1.54, 1.807) is 24.3 Å². The third-order valence-corrected chi connectivity index (χ3v) is 5.74. The van der Waals surface area contributed by atoms with Crippen LogP contribution in [0.2, 0.25) is 0 Å². The molecule has 2 fully saturated rings. The Kier molecular flexibility index (Phi) is 6.30. The van der Waals surface area contributed by atoms with Crippen LogP contribution in [0.15, 0.2) is 54.6 Å². The molecule has 0 aromatic heterocycles. The fourth-order valence-electron chi connectivity index (χ4n) is 4.20. The summed E-state index contributed by atoms with van der Waals surface area (Å²) in [4.78, 5) is 28.0. The van der Waals surface area contributed by atoms with Gasteiger partial charge in [-0.05, 0) is 43.8 Å². The molecular formula is C22H25ClN2O2.